The molecule has 1 aliphatic rings. The number of thioether (sulfide) groups is 1. The minimum Gasteiger partial charge on any atom is -0.545 e. The minimum absolute atomic E-state index is 0.168. The third-order valence-corrected chi connectivity index (χ3v) is 5.75. The molecule has 2 aromatic rings. The van der Waals surface area contributed by atoms with Gasteiger partial charge in [-0.25, -0.2) is 0 Å². The summed E-state index contributed by atoms with van der Waals surface area (Å²) in [5, 5.41) is 23.2. The van der Waals surface area contributed by atoms with E-state index in [4.69, 9.17) is 0 Å². The van der Waals surface area contributed by atoms with Crippen LogP contribution in [-0.4, -0.2) is 46.6 Å². The molecular weight excluding hydrogens is 394 g/mol. The molecule has 1 amide bonds. The van der Waals surface area contributed by atoms with Crippen LogP contribution < -0.4 is 10.2 Å². The number of carbonyl (C=O) groups is 3. The van der Waals surface area contributed by atoms with Gasteiger partial charge >= 0.3 is 0 Å². The first-order chi connectivity index (χ1) is 13.6. The maximum atomic E-state index is 12.4. The molecule has 2 heterocycles. The fourth-order valence-corrected chi connectivity index (χ4v) is 4.12. The predicted octanol–water partition coefficient (Wildman–Crippen LogP) is 0.353. The van der Waals surface area contributed by atoms with Crippen LogP contribution in [0.1, 0.15) is 37.7 Å². The highest BCUT2D eigenvalue weighted by molar-refractivity contribution is 8.18. The molecule has 1 aromatic carbocycles. The van der Waals surface area contributed by atoms with Crippen molar-refractivity contribution in [1.82, 2.24) is 9.47 Å². The number of likely N-dealkylation sites (N-methyl/N-ethyl adjacent to an activating group) is 1. The molecule has 0 atom stereocenters. The number of hydrogen-bond donors (Lipinski definition) is 0. The van der Waals surface area contributed by atoms with E-state index >= 15 is 0 Å². The molecule has 1 aliphatic heterocycles. The first kappa shape index (κ1) is 20.4. The van der Waals surface area contributed by atoms with Gasteiger partial charge in [-0.05, 0) is 72.6 Å². The van der Waals surface area contributed by atoms with E-state index in [1.165, 1.54) is 28.8 Å². The molecule has 0 spiro atoms. The fourth-order valence-electron chi connectivity index (χ4n) is 3.20. The summed E-state index contributed by atoms with van der Waals surface area (Å²) >= 11 is 1.26. The van der Waals surface area contributed by atoms with Gasteiger partial charge in [-0.15, -0.1) is 0 Å². The van der Waals surface area contributed by atoms with Gasteiger partial charge in [0.1, 0.15) is 0 Å². The zero-order valence-corrected chi connectivity index (χ0v) is 17.0. The van der Waals surface area contributed by atoms with Crippen molar-refractivity contribution in [3.63, 3.8) is 0 Å². The number of nitrogens with zero attached hydrogens (tertiary/aromatic N) is 3. The molecule has 0 radical (unpaired) electrons. The van der Waals surface area contributed by atoms with Gasteiger partial charge in [-0.2, -0.15) is 0 Å². The van der Waals surface area contributed by atoms with Crippen molar-refractivity contribution >= 4 is 40.9 Å². The van der Waals surface area contributed by atoms with Gasteiger partial charge in [0.15, 0.2) is 5.17 Å². The number of carboxylic acids is 2. The number of amidine groups is 1. The highest BCUT2D eigenvalue weighted by Gasteiger charge is 2.30. The lowest BCUT2D eigenvalue weighted by molar-refractivity contribution is -0.255. The average molecular weight is 411 g/mol. The molecule has 3 rings (SSSR count). The van der Waals surface area contributed by atoms with Crippen LogP contribution in [0.5, 0.6) is 0 Å². The van der Waals surface area contributed by atoms with Gasteiger partial charge in [-0.1, -0.05) is 0 Å². The number of aromatic nitrogens is 1. The number of benzene rings is 1. The van der Waals surface area contributed by atoms with E-state index in [0.29, 0.717) is 21.5 Å². The van der Waals surface area contributed by atoms with Crippen molar-refractivity contribution in [2.75, 3.05) is 14.1 Å². The van der Waals surface area contributed by atoms with Gasteiger partial charge in [0.05, 0.1) is 16.8 Å². The molecule has 1 saturated heterocycles. The normalized spacial score (nSPS) is 16.8. The molecule has 9 heteroatoms. The Morgan fingerprint density at radius 2 is 1.66 bits per heavy atom. The van der Waals surface area contributed by atoms with Gasteiger partial charge in [0.25, 0.3) is 5.91 Å². The molecule has 0 saturated carbocycles. The Morgan fingerprint density at radius 1 is 1.07 bits per heavy atom. The van der Waals surface area contributed by atoms with Crippen molar-refractivity contribution in [3.8, 4) is 5.69 Å². The molecule has 0 N–H and O–H groups in total. The van der Waals surface area contributed by atoms with E-state index in [2.05, 4.69) is 4.99 Å². The van der Waals surface area contributed by atoms with E-state index in [0.717, 1.165) is 17.3 Å². The molecule has 8 nitrogen and oxygen atoms in total. The minimum atomic E-state index is -1.48. The van der Waals surface area contributed by atoms with Crippen LogP contribution in [0.3, 0.4) is 0 Å². The highest BCUT2D eigenvalue weighted by Crippen LogP contribution is 2.33. The Balaban J connectivity index is 2.12. The van der Waals surface area contributed by atoms with Crippen LogP contribution in [0.15, 0.2) is 34.2 Å². The standard InChI is InChI=1S/C20H19N3O5S/c1-10-5-12(9-16-17(24)22(4)20(21-3)29-16)11(2)23(10)15-7-13(18(25)26)6-14(8-15)19(27)28/h5-9H,1-4H3,(H,25,26)(H,27,28)/p-2/b16-9+,21-20?. The lowest BCUT2D eigenvalue weighted by Crippen LogP contribution is -2.26. The summed E-state index contributed by atoms with van der Waals surface area (Å²) in [6.07, 6.45) is 1.74. The summed E-state index contributed by atoms with van der Waals surface area (Å²) in [5.74, 6) is -3.14. The molecule has 0 bridgehead atoms. The molecule has 1 aromatic heterocycles. The second-order valence-corrected chi connectivity index (χ2v) is 7.50. The van der Waals surface area contributed by atoms with E-state index in [1.54, 1.807) is 38.6 Å². The first-order valence-electron chi connectivity index (χ1n) is 8.55. The van der Waals surface area contributed by atoms with Gasteiger partial charge in [0.2, 0.25) is 0 Å². The second-order valence-electron chi connectivity index (χ2n) is 6.49. The Labute approximate surface area is 171 Å². The summed E-state index contributed by atoms with van der Waals surface area (Å²) in [5.41, 5.74) is 2.03. The zero-order valence-electron chi connectivity index (χ0n) is 16.2. The SMILES string of the molecule is CN=C1S/C(=C/c2cc(C)n(-c3cc(C(=O)[O-])cc(C(=O)[O-])c3)c2C)C(=O)N1C. The third-order valence-electron chi connectivity index (χ3n) is 4.60. The number of rotatable bonds is 4. The monoisotopic (exact) mass is 411 g/mol. The molecule has 0 aliphatic carbocycles. The number of carbonyl (C=O) groups excluding carboxylic acids is 3. The van der Waals surface area contributed by atoms with E-state index < -0.39 is 11.9 Å². The van der Waals surface area contributed by atoms with Crippen LogP contribution >= 0.6 is 11.8 Å². The van der Waals surface area contributed by atoms with Crippen molar-refractivity contribution in [3.05, 3.63) is 57.2 Å². The number of aryl methyl sites for hydroxylation is 1. The number of aromatic carboxylic acids is 2. The summed E-state index contributed by atoms with van der Waals surface area (Å²) < 4.78 is 1.72. The molecular formula is C20H17N3O5S-2. The lowest BCUT2D eigenvalue weighted by Gasteiger charge is -2.15. The third kappa shape index (κ3) is 3.68. The Bertz CT molecular complexity index is 1080. The smallest absolute Gasteiger partial charge is 0.266 e. The predicted molar refractivity (Wildman–Crippen MR) is 106 cm³/mol. The largest absolute Gasteiger partial charge is 0.545 e. The van der Waals surface area contributed by atoms with Crippen LogP contribution in [0.25, 0.3) is 11.8 Å². The van der Waals surface area contributed by atoms with Crippen LogP contribution in [0, 0.1) is 13.8 Å². The number of hydrogen-bond acceptors (Lipinski definition) is 7. The Kier molecular flexibility index (Phi) is 5.34. The van der Waals surface area contributed by atoms with Crippen molar-refractivity contribution in [2.45, 2.75) is 13.8 Å². The highest BCUT2D eigenvalue weighted by atomic mass is 32.2. The van der Waals surface area contributed by atoms with Crippen LogP contribution in [0.4, 0.5) is 0 Å². The van der Waals surface area contributed by atoms with Crippen molar-refractivity contribution < 1.29 is 24.6 Å². The fraction of sp³-hybridized carbons (Fsp3) is 0.200. The second kappa shape index (κ2) is 7.59. The molecule has 150 valence electrons. The number of amides is 1. The van der Waals surface area contributed by atoms with Gasteiger partial charge in [0, 0.05) is 31.2 Å². The van der Waals surface area contributed by atoms with Crippen molar-refractivity contribution in [1.29, 1.82) is 0 Å². The van der Waals surface area contributed by atoms with Crippen LogP contribution in [0.2, 0.25) is 0 Å². The lowest BCUT2D eigenvalue weighted by atomic mass is 10.1. The average Bonchev–Trinajstić information content (AvgIpc) is 3.11. The maximum Gasteiger partial charge on any atom is 0.266 e. The maximum absolute atomic E-state index is 12.4. The quantitative estimate of drug-likeness (QED) is 0.670. The van der Waals surface area contributed by atoms with E-state index in [-0.39, 0.29) is 17.0 Å². The zero-order chi connectivity index (χ0) is 21.5. The topological polar surface area (TPSA) is 118 Å². The summed E-state index contributed by atoms with van der Waals surface area (Å²) in [6, 6.07) is 5.51. The molecule has 29 heavy (non-hydrogen) atoms. The van der Waals surface area contributed by atoms with E-state index in [1.807, 2.05) is 6.07 Å². The van der Waals surface area contributed by atoms with Crippen molar-refractivity contribution in [2.24, 2.45) is 4.99 Å². The summed E-state index contributed by atoms with van der Waals surface area (Å²) in [6.45, 7) is 3.60. The number of carboxylic acid groups (broad SMARTS) is 2. The summed E-state index contributed by atoms with van der Waals surface area (Å²) in [4.78, 5) is 41.0. The van der Waals surface area contributed by atoms with Gasteiger partial charge in [-0.3, -0.25) is 14.7 Å². The Hall–Kier alpha value is -3.33. The first-order valence-corrected chi connectivity index (χ1v) is 9.37. The van der Waals surface area contributed by atoms with E-state index in [9.17, 15) is 24.6 Å². The number of aliphatic imine (C=N–C) groups is 1. The molecule has 1 fully saturated rings. The molecule has 0 unspecified atom stereocenters. The summed E-state index contributed by atoms with van der Waals surface area (Å²) in [7, 11) is 3.26. The Morgan fingerprint density at radius 3 is 2.14 bits per heavy atom. The van der Waals surface area contributed by atoms with Gasteiger partial charge < -0.3 is 24.4 Å². The van der Waals surface area contributed by atoms with Crippen LogP contribution in [-0.2, 0) is 4.79 Å².